The molecule has 0 aromatic carbocycles. The molecule has 0 aromatic rings. The summed E-state index contributed by atoms with van der Waals surface area (Å²) in [7, 11) is 0. The lowest BCUT2D eigenvalue weighted by atomic mass is 9.95. The predicted molar refractivity (Wildman–Crippen MR) is 67.0 cm³/mol. The van der Waals surface area contributed by atoms with Crippen LogP contribution in [0.1, 0.15) is 52.9 Å². The van der Waals surface area contributed by atoms with Gasteiger partial charge in [0.15, 0.2) is 5.79 Å². The summed E-state index contributed by atoms with van der Waals surface area (Å²) in [5.41, 5.74) is 0. The molecule has 1 saturated carbocycles. The van der Waals surface area contributed by atoms with E-state index in [1.165, 1.54) is 12.8 Å². The van der Waals surface area contributed by atoms with Gasteiger partial charge < -0.3 is 14.2 Å². The Morgan fingerprint density at radius 3 is 2.28 bits per heavy atom. The molecule has 0 aromatic heterocycles. The van der Waals surface area contributed by atoms with E-state index in [0.29, 0.717) is 13.0 Å². The number of hydrogen-bond donors (Lipinski definition) is 0. The second-order valence-electron chi connectivity index (χ2n) is 5.33. The van der Waals surface area contributed by atoms with Crippen molar-refractivity contribution in [1.82, 2.24) is 0 Å². The van der Waals surface area contributed by atoms with Gasteiger partial charge in [-0.2, -0.15) is 0 Å². The third-order valence-corrected chi connectivity index (χ3v) is 4.03. The fourth-order valence-corrected chi connectivity index (χ4v) is 3.12. The number of carbonyl (C=O) groups is 1. The maximum atomic E-state index is 12.0. The maximum Gasteiger partial charge on any atom is 0.314 e. The molecule has 0 radical (unpaired) electrons. The van der Waals surface area contributed by atoms with E-state index in [2.05, 4.69) is 0 Å². The molecular weight excluding hydrogens is 232 g/mol. The highest BCUT2D eigenvalue weighted by Crippen LogP contribution is 2.42. The summed E-state index contributed by atoms with van der Waals surface area (Å²) in [4.78, 5) is 12.0. The van der Waals surface area contributed by atoms with Crippen LogP contribution >= 0.6 is 0 Å². The van der Waals surface area contributed by atoms with Gasteiger partial charge in [0.05, 0.1) is 18.8 Å². The number of esters is 1. The summed E-state index contributed by atoms with van der Waals surface area (Å²) in [6.45, 7) is 6.08. The van der Waals surface area contributed by atoms with Crippen LogP contribution in [0.3, 0.4) is 0 Å². The fraction of sp³-hybridized carbons (Fsp3) is 0.929. The molecule has 18 heavy (non-hydrogen) atoms. The Balaban J connectivity index is 2.07. The Labute approximate surface area is 109 Å². The number of hydrogen-bond acceptors (Lipinski definition) is 4. The van der Waals surface area contributed by atoms with Gasteiger partial charge in [0.1, 0.15) is 5.92 Å². The maximum absolute atomic E-state index is 12.0. The molecule has 1 aliphatic carbocycles. The molecule has 1 heterocycles. The molecule has 2 rings (SSSR count). The average molecular weight is 256 g/mol. The van der Waals surface area contributed by atoms with Gasteiger partial charge in [0.2, 0.25) is 0 Å². The molecule has 1 aliphatic heterocycles. The van der Waals surface area contributed by atoms with Crippen LogP contribution in [-0.2, 0) is 19.0 Å². The van der Waals surface area contributed by atoms with Gasteiger partial charge in [0, 0.05) is 0 Å². The molecule has 2 aliphatic rings. The Kier molecular flexibility index (Phi) is 4.28. The minimum atomic E-state index is -0.805. The first-order chi connectivity index (χ1) is 8.60. The number of ether oxygens (including phenoxy) is 3. The van der Waals surface area contributed by atoms with Crippen molar-refractivity contribution in [2.75, 3.05) is 6.61 Å². The monoisotopic (exact) mass is 256 g/mol. The second-order valence-corrected chi connectivity index (χ2v) is 5.33. The van der Waals surface area contributed by atoms with Crippen LogP contribution in [0.5, 0.6) is 0 Å². The number of fused-ring (bicyclic) bond motifs is 1. The molecule has 4 nitrogen and oxygen atoms in total. The molecule has 0 spiro atoms. The Hall–Kier alpha value is -0.610. The Bertz CT molecular complexity index is 288. The van der Waals surface area contributed by atoms with E-state index in [1.54, 1.807) is 0 Å². The first-order valence-electron chi connectivity index (χ1n) is 7.13. The molecular formula is C14H24O4. The van der Waals surface area contributed by atoms with Gasteiger partial charge in [0.25, 0.3) is 0 Å². The highest BCUT2D eigenvalue weighted by Gasteiger charge is 2.51. The van der Waals surface area contributed by atoms with E-state index in [4.69, 9.17) is 14.2 Å². The van der Waals surface area contributed by atoms with Gasteiger partial charge in [-0.3, -0.25) is 4.79 Å². The van der Waals surface area contributed by atoms with E-state index < -0.39 is 5.79 Å². The summed E-state index contributed by atoms with van der Waals surface area (Å²) in [6, 6.07) is 0. The molecule has 3 atom stereocenters. The van der Waals surface area contributed by atoms with E-state index >= 15 is 0 Å². The van der Waals surface area contributed by atoms with Crippen molar-refractivity contribution >= 4 is 5.97 Å². The molecule has 2 fully saturated rings. The van der Waals surface area contributed by atoms with Crippen LogP contribution in [-0.4, -0.2) is 30.6 Å². The zero-order valence-corrected chi connectivity index (χ0v) is 11.6. The van der Waals surface area contributed by atoms with Crippen molar-refractivity contribution in [1.29, 1.82) is 0 Å². The van der Waals surface area contributed by atoms with Crippen LogP contribution in [0.15, 0.2) is 0 Å². The van der Waals surface area contributed by atoms with Crippen molar-refractivity contribution in [3.63, 3.8) is 0 Å². The summed E-state index contributed by atoms with van der Waals surface area (Å²) >= 11 is 0. The molecule has 104 valence electrons. The minimum Gasteiger partial charge on any atom is -0.466 e. The average Bonchev–Trinajstić information content (AvgIpc) is 2.66. The third kappa shape index (κ3) is 2.54. The number of carbonyl (C=O) groups excluding carboxylic acids is 1. The fourth-order valence-electron chi connectivity index (χ4n) is 3.12. The van der Waals surface area contributed by atoms with Crippen LogP contribution in [0.4, 0.5) is 0 Å². The lowest BCUT2D eigenvalue weighted by molar-refractivity contribution is -0.211. The SMILES string of the molecule is CCOC(=O)C(CC)C1(C)O[C@@H]2CCCC[C@H]2O1. The summed E-state index contributed by atoms with van der Waals surface area (Å²) in [5.74, 6) is -1.34. The summed E-state index contributed by atoms with van der Waals surface area (Å²) in [5, 5.41) is 0. The molecule has 1 saturated heterocycles. The van der Waals surface area contributed by atoms with E-state index in [0.717, 1.165) is 12.8 Å². The summed E-state index contributed by atoms with van der Waals surface area (Å²) in [6.07, 6.45) is 5.46. The second kappa shape index (κ2) is 5.57. The van der Waals surface area contributed by atoms with Gasteiger partial charge >= 0.3 is 5.97 Å². The van der Waals surface area contributed by atoms with Crippen molar-refractivity contribution in [3.05, 3.63) is 0 Å². The van der Waals surface area contributed by atoms with Crippen LogP contribution in [0.2, 0.25) is 0 Å². The molecule has 0 amide bonds. The van der Waals surface area contributed by atoms with Crippen molar-refractivity contribution in [3.8, 4) is 0 Å². The number of rotatable bonds is 4. The lowest BCUT2D eigenvalue weighted by Crippen LogP contribution is -2.42. The largest absolute Gasteiger partial charge is 0.466 e. The Morgan fingerprint density at radius 2 is 1.83 bits per heavy atom. The van der Waals surface area contributed by atoms with E-state index in [1.807, 2.05) is 20.8 Å². The van der Waals surface area contributed by atoms with E-state index in [9.17, 15) is 4.79 Å². The van der Waals surface area contributed by atoms with Gasteiger partial charge in [-0.05, 0) is 33.1 Å². The summed E-state index contributed by atoms with van der Waals surface area (Å²) < 4.78 is 17.2. The lowest BCUT2D eigenvalue weighted by Gasteiger charge is -2.30. The van der Waals surface area contributed by atoms with E-state index in [-0.39, 0.29) is 24.1 Å². The smallest absolute Gasteiger partial charge is 0.314 e. The highest BCUT2D eigenvalue weighted by atomic mass is 16.8. The van der Waals surface area contributed by atoms with Gasteiger partial charge in [-0.1, -0.05) is 19.8 Å². The molecule has 1 unspecified atom stereocenters. The van der Waals surface area contributed by atoms with Crippen molar-refractivity contribution in [2.45, 2.75) is 70.9 Å². The van der Waals surface area contributed by atoms with Gasteiger partial charge in [-0.25, -0.2) is 0 Å². The van der Waals surface area contributed by atoms with Crippen LogP contribution in [0.25, 0.3) is 0 Å². The molecule has 0 bridgehead atoms. The molecule has 4 heteroatoms. The van der Waals surface area contributed by atoms with Crippen molar-refractivity contribution in [2.24, 2.45) is 5.92 Å². The zero-order valence-electron chi connectivity index (χ0n) is 11.6. The van der Waals surface area contributed by atoms with Gasteiger partial charge in [-0.15, -0.1) is 0 Å². The van der Waals surface area contributed by atoms with Crippen LogP contribution < -0.4 is 0 Å². The third-order valence-electron chi connectivity index (χ3n) is 4.03. The zero-order chi connectivity index (χ0) is 13.2. The first-order valence-corrected chi connectivity index (χ1v) is 7.13. The quantitative estimate of drug-likeness (QED) is 0.725. The predicted octanol–water partition coefficient (Wildman–Crippen LogP) is 2.65. The normalized spacial score (nSPS) is 31.7. The minimum absolute atomic E-state index is 0.159. The Morgan fingerprint density at radius 1 is 1.28 bits per heavy atom. The highest BCUT2D eigenvalue weighted by molar-refractivity contribution is 5.73. The topological polar surface area (TPSA) is 44.8 Å². The first kappa shape index (κ1) is 13.8. The standard InChI is InChI=1S/C14H24O4/c1-4-10(13(15)16-5-2)14(3)17-11-8-6-7-9-12(11)18-14/h10-12H,4-9H2,1-3H3/t10?,11-,12-/m1/s1. The molecule has 0 N–H and O–H groups in total. The van der Waals surface area contributed by atoms with Crippen LogP contribution in [0, 0.1) is 5.92 Å². The van der Waals surface area contributed by atoms with Crippen molar-refractivity contribution < 1.29 is 19.0 Å².